The van der Waals surface area contributed by atoms with Gasteiger partial charge in [0.1, 0.15) is 5.75 Å². The maximum atomic E-state index is 13.1. The highest BCUT2D eigenvalue weighted by Crippen LogP contribution is 2.28. The molecule has 0 bridgehead atoms. The minimum absolute atomic E-state index is 0.169. The second-order valence-electron chi connectivity index (χ2n) is 6.76. The van der Waals surface area contributed by atoms with E-state index in [1.54, 1.807) is 23.3 Å². The number of hydrogen-bond donors (Lipinski definition) is 1. The Hall–Kier alpha value is -3.67. The molecule has 2 aromatic carbocycles. The average Bonchev–Trinajstić information content (AvgIpc) is 3.19. The van der Waals surface area contributed by atoms with Crippen molar-refractivity contribution < 1.29 is 9.53 Å². The van der Waals surface area contributed by atoms with Gasteiger partial charge in [-0.05, 0) is 35.4 Å². The first-order valence-corrected chi connectivity index (χ1v) is 9.51. The zero-order chi connectivity index (χ0) is 20.2. The van der Waals surface area contributed by atoms with Gasteiger partial charge in [0.05, 0.1) is 18.4 Å². The Labute approximate surface area is 169 Å². The van der Waals surface area contributed by atoms with Crippen molar-refractivity contribution in [1.29, 1.82) is 0 Å². The van der Waals surface area contributed by atoms with Crippen molar-refractivity contribution in [3.05, 3.63) is 78.4 Å². The van der Waals surface area contributed by atoms with E-state index in [2.05, 4.69) is 15.4 Å². The van der Waals surface area contributed by atoms with Crippen molar-refractivity contribution >= 4 is 16.7 Å². The fraction of sp³-hybridized carbons (Fsp3) is 0.174. The Morgan fingerprint density at radius 3 is 2.76 bits per heavy atom. The van der Waals surface area contributed by atoms with Crippen molar-refractivity contribution in [3.63, 3.8) is 0 Å². The van der Waals surface area contributed by atoms with E-state index in [1.165, 1.54) is 0 Å². The number of benzene rings is 2. The monoisotopic (exact) mass is 386 g/mol. The minimum Gasteiger partial charge on any atom is -0.493 e. The summed E-state index contributed by atoms with van der Waals surface area (Å²) in [6.07, 6.45) is 7.28. The number of nitrogens with one attached hydrogen (secondary N) is 1. The predicted molar refractivity (Wildman–Crippen MR) is 113 cm³/mol. The lowest BCUT2D eigenvalue weighted by molar-refractivity contribution is 0.0949. The Bertz CT molecular complexity index is 1170. The van der Waals surface area contributed by atoms with E-state index in [0.29, 0.717) is 24.5 Å². The fourth-order valence-electron chi connectivity index (χ4n) is 3.34. The molecule has 29 heavy (non-hydrogen) atoms. The van der Waals surface area contributed by atoms with E-state index in [0.717, 1.165) is 27.5 Å². The molecule has 4 rings (SSSR count). The molecule has 6 nitrogen and oxygen atoms in total. The molecule has 146 valence electrons. The number of aryl methyl sites for hydroxylation is 1. The molecule has 0 aliphatic rings. The molecule has 4 aromatic rings. The number of ether oxygens (including phenoxy) is 1. The molecule has 0 radical (unpaired) electrons. The van der Waals surface area contributed by atoms with Crippen LogP contribution in [0.2, 0.25) is 0 Å². The van der Waals surface area contributed by atoms with Crippen LogP contribution in [0.5, 0.6) is 5.75 Å². The van der Waals surface area contributed by atoms with Crippen molar-refractivity contribution in [1.82, 2.24) is 20.1 Å². The second kappa shape index (κ2) is 8.14. The predicted octanol–water partition coefficient (Wildman–Crippen LogP) is 3.96. The van der Waals surface area contributed by atoms with Crippen LogP contribution in [0.1, 0.15) is 22.8 Å². The van der Waals surface area contributed by atoms with Gasteiger partial charge in [-0.3, -0.25) is 14.5 Å². The first-order chi connectivity index (χ1) is 14.2. The molecule has 0 saturated heterocycles. The van der Waals surface area contributed by atoms with Gasteiger partial charge in [-0.15, -0.1) is 0 Å². The summed E-state index contributed by atoms with van der Waals surface area (Å²) < 4.78 is 7.46. The van der Waals surface area contributed by atoms with E-state index < -0.39 is 0 Å². The number of rotatable bonds is 6. The van der Waals surface area contributed by atoms with Crippen molar-refractivity contribution in [2.75, 3.05) is 6.61 Å². The van der Waals surface area contributed by atoms with E-state index >= 15 is 0 Å². The summed E-state index contributed by atoms with van der Waals surface area (Å²) in [7, 11) is 1.88. The van der Waals surface area contributed by atoms with E-state index in [1.807, 2.05) is 62.6 Å². The number of hydrogen-bond acceptors (Lipinski definition) is 4. The van der Waals surface area contributed by atoms with E-state index in [4.69, 9.17) is 4.74 Å². The molecule has 1 N–H and O–H groups in total. The van der Waals surface area contributed by atoms with Crippen LogP contribution in [0.4, 0.5) is 0 Å². The van der Waals surface area contributed by atoms with Gasteiger partial charge in [0.25, 0.3) is 5.91 Å². The van der Waals surface area contributed by atoms with Crippen molar-refractivity contribution in [3.8, 4) is 16.9 Å². The molecule has 0 atom stereocenters. The Morgan fingerprint density at radius 2 is 1.97 bits per heavy atom. The lowest BCUT2D eigenvalue weighted by Crippen LogP contribution is -2.24. The van der Waals surface area contributed by atoms with Gasteiger partial charge in [-0.1, -0.05) is 30.3 Å². The SMILES string of the molecule is CCOc1ccc2ccccc2c1C(=O)NCc1cncc(-c2cnn(C)c2)c1. The average molecular weight is 386 g/mol. The molecule has 0 saturated carbocycles. The van der Waals surface area contributed by atoms with Crippen LogP contribution in [0.25, 0.3) is 21.9 Å². The van der Waals surface area contributed by atoms with Crippen molar-refractivity contribution in [2.45, 2.75) is 13.5 Å². The van der Waals surface area contributed by atoms with Crippen LogP contribution in [0, 0.1) is 0 Å². The number of amides is 1. The molecule has 0 unspecified atom stereocenters. The topological polar surface area (TPSA) is 69.0 Å². The van der Waals surface area contributed by atoms with E-state index in [9.17, 15) is 4.79 Å². The maximum absolute atomic E-state index is 13.1. The van der Waals surface area contributed by atoms with Crippen LogP contribution in [0.3, 0.4) is 0 Å². The third-order valence-corrected chi connectivity index (χ3v) is 4.70. The maximum Gasteiger partial charge on any atom is 0.255 e. The molecule has 2 aromatic heterocycles. The molecule has 6 heteroatoms. The Kier molecular flexibility index (Phi) is 5.24. The summed E-state index contributed by atoms with van der Waals surface area (Å²) in [5.41, 5.74) is 3.42. The first kappa shape index (κ1) is 18.7. The van der Waals surface area contributed by atoms with Gasteiger partial charge in [0, 0.05) is 43.3 Å². The molecule has 0 aliphatic heterocycles. The van der Waals surface area contributed by atoms with Crippen LogP contribution < -0.4 is 10.1 Å². The largest absolute Gasteiger partial charge is 0.493 e. The Balaban J connectivity index is 1.58. The molecule has 0 aliphatic carbocycles. The smallest absolute Gasteiger partial charge is 0.255 e. The van der Waals surface area contributed by atoms with Gasteiger partial charge in [0.15, 0.2) is 0 Å². The number of fused-ring (bicyclic) bond motifs is 1. The molecule has 1 amide bonds. The molecular weight excluding hydrogens is 364 g/mol. The lowest BCUT2D eigenvalue weighted by atomic mass is 10.0. The number of carbonyl (C=O) groups excluding carboxylic acids is 1. The molecular formula is C23H22N4O2. The Morgan fingerprint density at radius 1 is 1.10 bits per heavy atom. The third-order valence-electron chi connectivity index (χ3n) is 4.70. The highest BCUT2D eigenvalue weighted by Gasteiger charge is 2.16. The molecule has 2 heterocycles. The summed E-state index contributed by atoms with van der Waals surface area (Å²) in [6, 6.07) is 13.6. The number of nitrogens with zero attached hydrogens (tertiary/aromatic N) is 3. The number of pyridine rings is 1. The van der Waals surface area contributed by atoms with Crippen LogP contribution in [0.15, 0.2) is 67.3 Å². The van der Waals surface area contributed by atoms with Gasteiger partial charge in [-0.25, -0.2) is 0 Å². The number of aromatic nitrogens is 3. The standard InChI is InChI=1S/C23H22N4O2/c1-3-29-21-9-8-17-6-4-5-7-20(17)22(21)23(28)25-12-16-10-18(13-24-11-16)19-14-26-27(2)15-19/h4-11,13-15H,3,12H2,1-2H3,(H,25,28). The zero-order valence-corrected chi connectivity index (χ0v) is 16.4. The first-order valence-electron chi connectivity index (χ1n) is 9.51. The van der Waals surface area contributed by atoms with Gasteiger partial charge >= 0.3 is 0 Å². The van der Waals surface area contributed by atoms with Gasteiger partial charge in [-0.2, -0.15) is 5.10 Å². The van der Waals surface area contributed by atoms with Gasteiger partial charge < -0.3 is 10.1 Å². The minimum atomic E-state index is -0.169. The third kappa shape index (κ3) is 3.96. The summed E-state index contributed by atoms with van der Waals surface area (Å²) >= 11 is 0. The molecule has 0 spiro atoms. The molecule has 0 fully saturated rings. The number of carbonyl (C=O) groups is 1. The van der Waals surface area contributed by atoms with Gasteiger partial charge in [0.2, 0.25) is 0 Å². The van der Waals surface area contributed by atoms with Crippen molar-refractivity contribution in [2.24, 2.45) is 7.05 Å². The normalized spacial score (nSPS) is 10.8. The summed E-state index contributed by atoms with van der Waals surface area (Å²) in [6.45, 7) is 2.77. The quantitative estimate of drug-likeness (QED) is 0.544. The summed E-state index contributed by atoms with van der Waals surface area (Å²) in [5.74, 6) is 0.419. The van der Waals surface area contributed by atoms with Crippen LogP contribution in [-0.2, 0) is 13.6 Å². The lowest BCUT2D eigenvalue weighted by Gasteiger charge is -2.14. The zero-order valence-electron chi connectivity index (χ0n) is 16.4. The summed E-state index contributed by atoms with van der Waals surface area (Å²) in [5, 5.41) is 9.08. The van der Waals surface area contributed by atoms with E-state index in [-0.39, 0.29) is 5.91 Å². The second-order valence-corrected chi connectivity index (χ2v) is 6.76. The summed E-state index contributed by atoms with van der Waals surface area (Å²) in [4.78, 5) is 17.4. The van der Waals surface area contributed by atoms with Crippen LogP contribution >= 0.6 is 0 Å². The highest BCUT2D eigenvalue weighted by atomic mass is 16.5. The fourth-order valence-corrected chi connectivity index (χ4v) is 3.34. The van der Waals surface area contributed by atoms with Crippen LogP contribution in [-0.4, -0.2) is 27.3 Å². The highest BCUT2D eigenvalue weighted by molar-refractivity contribution is 6.09.